The minimum absolute atomic E-state index is 0.0249. The van der Waals surface area contributed by atoms with Crippen LogP contribution < -0.4 is 5.32 Å². The molecule has 80 valence electrons. The number of hydrogen-bond acceptors (Lipinski definition) is 3. The molecule has 1 N–H and O–H groups in total. The van der Waals surface area contributed by atoms with E-state index in [0.717, 1.165) is 0 Å². The molecule has 0 saturated heterocycles. The summed E-state index contributed by atoms with van der Waals surface area (Å²) < 4.78 is 0. The Kier molecular flexibility index (Phi) is 5.05. The maximum absolute atomic E-state index is 11.4. The molecule has 0 fully saturated rings. The van der Waals surface area contributed by atoms with E-state index in [4.69, 9.17) is 0 Å². The molecule has 0 bridgehead atoms. The van der Waals surface area contributed by atoms with Crippen LogP contribution in [0.5, 0.6) is 0 Å². The number of Topliss-reactive ketones (excluding diaryl/α,β-unsaturated/α-hetero) is 2. The summed E-state index contributed by atoms with van der Waals surface area (Å²) in [5.74, 6) is -0.728. The summed E-state index contributed by atoms with van der Waals surface area (Å²) in [5, 5.41) is 2.54. The zero-order chi connectivity index (χ0) is 11.3. The first-order valence-corrected chi connectivity index (χ1v) is 4.64. The average Bonchev–Trinajstić information content (AvgIpc) is 2.02. The molecule has 4 heteroatoms. The van der Waals surface area contributed by atoms with Crippen LogP contribution in [0.1, 0.15) is 34.1 Å². The molecule has 0 aromatic carbocycles. The summed E-state index contributed by atoms with van der Waals surface area (Å²) in [7, 11) is 0. The summed E-state index contributed by atoms with van der Waals surface area (Å²) in [6, 6.07) is -0.475. The van der Waals surface area contributed by atoms with Crippen LogP contribution in [0.3, 0.4) is 0 Å². The lowest BCUT2D eigenvalue weighted by Gasteiger charge is -2.14. The van der Waals surface area contributed by atoms with Gasteiger partial charge in [0.1, 0.15) is 5.78 Å². The second-order valence-electron chi connectivity index (χ2n) is 3.65. The van der Waals surface area contributed by atoms with Crippen molar-refractivity contribution in [1.82, 2.24) is 5.32 Å². The molecule has 0 heterocycles. The summed E-state index contributed by atoms with van der Waals surface area (Å²) in [5.41, 5.74) is 0. The van der Waals surface area contributed by atoms with Gasteiger partial charge >= 0.3 is 0 Å². The smallest absolute Gasteiger partial charge is 0.223 e. The molecule has 0 radical (unpaired) electrons. The van der Waals surface area contributed by atoms with Crippen LogP contribution in [0.15, 0.2) is 0 Å². The van der Waals surface area contributed by atoms with E-state index in [-0.39, 0.29) is 29.8 Å². The Balaban J connectivity index is 4.07. The van der Waals surface area contributed by atoms with Crippen LogP contribution in [-0.4, -0.2) is 23.5 Å². The Morgan fingerprint density at radius 1 is 1.14 bits per heavy atom. The molecule has 0 rings (SSSR count). The van der Waals surface area contributed by atoms with Crippen molar-refractivity contribution in [1.29, 1.82) is 0 Å². The predicted octanol–water partition coefficient (Wildman–Crippen LogP) is 0.695. The van der Waals surface area contributed by atoms with Crippen molar-refractivity contribution in [2.24, 2.45) is 5.92 Å². The van der Waals surface area contributed by atoms with Crippen molar-refractivity contribution in [3.05, 3.63) is 0 Å². The molecule has 0 spiro atoms. The molecule has 0 aliphatic carbocycles. The van der Waals surface area contributed by atoms with Gasteiger partial charge in [-0.1, -0.05) is 6.92 Å². The van der Waals surface area contributed by atoms with Crippen molar-refractivity contribution in [3.63, 3.8) is 0 Å². The molecule has 2 atom stereocenters. The third kappa shape index (κ3) is 4.74. The second-order valence-corrected chi connectivity index (χ2v) is 3.65. The highest BCUT2D eigenvalue weighted by atomic mass is 16.2. The number of hydrogen-bond donors (Lipinski definition) is 1. The Hall–Kier alpha value is -1.19. The van der Waals surface area contributed by atoms with Gasteiger partial charge in [0.25, 0.3) is 0 Å². The van der Waals surface area contributed by atoms with Gasteiger partial charge in [0, 0.05) is 12.3 Å². The SMILES string of the molecule is CC(=O)C[C@H](C)C(=O)N[C@H](C)C(C)=O. The molecule has 0 aliphatic heterocycles. The number of carbonyl (C=O) groups excluding carboxylic acids is 3. The van der Waals surface area contributed by atoms with Gasteiger partial charge in [0.05, 0.1) is 6.04 Å². The number of rotatable bonds is 5. The molecule has 4 nitrogen and oxygen atoms in total. The van der Waals surface area contributed by atoms with Crippen molar-refractivity contribution in [3.8, 4) is 0 Å². The highest BCUT2D eigenvalue weighted by molar-refractivity contribution is 5.90. The Morgan fingerprint density at radius 3 is 2.00 bits per heavy atom. The quantitative estimate of drug-likeness (QED) is 0.708. The van der Waals surface area contributed by atoms with Crippen LogP contribution in [0.4, 0.5) is 0 Å². The van der Waals surface area contributed by atoms with E-state index in [1.165, 1.54) is 13.8 Å². The van der Waals surface area contributed by atoms with Gasteiger partial charge in [-0.2, -0.15) is 0 Å². The first-order chi connectivity index (χ1) is 6.34. The lowest BCUT2D eigenvalue weighted by molar-refractivity contribution is -0.130. The zero-order valence-corrected chi connectivity index (χ0v) is 9.09. The van der Waals surface area contributed by atoms with Crippen LogP contribution in [0.25, 0.3) is 0 Å². The number of carbonyl (C=O) groups is 3. The minimum Gasteiger partial charge on any atom is -0.346 e. The van der Waals surface area contributed by atoms with Gasteiger partial charge in [-0.3, -0.25) is 9.59 Å². The van der Waals surface area contributed by atoms with Crippen molar-refractivity contribution in [2.45, 2.75) is 40.2 Å². The first kappa shape index (κ1) is 12.8. The maximum atomic E-state index is 11.4. The molecular formula is C10H17NO3. The molecule has 0 saturated carbocycles. The van der Waals surface area contributed by atoms with Gasteiger partial charge in [0.15, 0.2) is 5.78 Å². The zero-order valence-electron chi connectivity index (χ0n) is 9.09. The highest BCUT2D eigenvalue weighted by Gasteiger charge is 2.18. The van der Waals surface area contributed by atoms with Crippen LogP contribution in [-0.2, 0) is 14.4 Å². The maximum Gasteiger partial charge on any atom is 0.223 e. The number of ketones is 2. The van der Waals surface area contributed by atoms with E-state index >= 15 is 0 Å². The average molecular weight is 199 g/mol. The van der Waals surface area contributed by atoms with Crippen LogP contribution >= 0.6 is 0 Å². The molecule has 14 heavy (non-hydrogen) atoms. The van der Waals surface area contributed by atoms with Gasteiger partial charge in [-0.25, -0.2) is 0 Å². The second kappa shape index (κ2) is 5.52. The summed E-state index contributed by atoms with van der Waals surface area (Å²) in [4.78, 5) is 33.0. The first-order valence-electron chi connectivity index (χ1n) is 4.64. The van der Waals surface area contributed by atoms with E-state index in [0.29, 0.717) is 0 Å². The minimum atomic E-state index is -0.475. The molecule has 0 aromatic rings. The normalized spacial score (nSPS) is 14.3. The van der Waals surface area contributed by atoms with E-state index in [1.54, 1.807) is 13.8 Å². The fourth-order valence-electron chi connectivity index (χ4n) is 0.981. The Morgan fingerprint density at radius 2 is 1.64 bits per heavy atom. The molecule has 0 aliphatic rings. The monoisotopic (exact) mass is 199 g/mol. The summed E-state index contributed by atoms with van der Waals surface area (Å²) >= 11 is 0. The van der Waals surface area contributed by atoms with Crippen molar-refractivity contribution >= 4 is 17.5 Å². The fraction of sp³-hybridized carbons (Fsp3) is 0.700. The van der Waals surface area contributed by atoms with Gasteiger partial charge in [-0.15, -0.1) is 0 Å². The molecule has 0 unspecified atom stereocenters. The Labute approximate surface area is 84.1 Å². The van der Waals surface area contributed by atoms with E-state index < -0.39 is 6.04 Å². The van der Waals surface area contributed by atoms with E-state index in [2.05, 4.69) is 5.32 Å². The topological polar surface area (TPSA) is 63.2 Å². The fourth-order valence-corrected chi connectivity index (χ4v) is 0.981. The van der Waals surface area contributed by atoms with E-state index in [9.17, 15) is 14.4 Å². The van der Waals surface area contributed by atoms with Crippen molar-refractivity contribution in [2.75, 3.05) is 0 Å². The molecular weight excluding hydrogens is 182 g/mol. The van der Waals surface area contributed by atoms with Gasteiger partial charge in [0.2, 0.25) is 5.91 Å². The van der Waals surface area contributed by atoms with Crippen LogP contribution in [0.2, 0.25) is 0 Å². The third-order valence-electron chi connectivity index (χ3n) is 2.01. The predicted molar refractivity (Wildman–Crippen MR) is 52.7 cm³/mol. The molecule has 1 amide bonds. The van der Waals surface area contributed by atoms with Gasteiger partial charge < -0.3 is 10.1 Å². The highest BCUT2D eigenvalue weighted by Crippen LogP contribution is 2.03. The lowest BCUT2D eigenvalue weighted by atomic mass is 10.0. The van der Waals surface area contributed by atoms with Gasteiger partial charge in [-0.05, 0) is 20.8 Å². The lowest BCUT2D eigenvalue weighted by Crippen LogP contribution is -2.40. The van der Waals surface area contributed by atoms with Crippen LogP contribution in [0, 0.1) is 5.92 Å². The number of amides is 1. The Bertz CT molecular complexity index is 248. The largest absolute Gasteiger partial charge is 0.346 e. The van der Waals surface area contributed by atoms with E-state index in [1.807, 2.05) is 0 Å². The van der Waals surface area contributed by atoms with Crippen molar-refractivity contribution < 1.29 is 14.4 Å². The standard InChI is InChI=1S/C10H17NO3/c1-6(5-7(2)12)10(14)11-8(3)9(4)13/h6,8H,5H2,1-4H3,(H,11,14)/t6-,8+/m0/s1. The summed E-state index contributed by atoms with van der Waals surface area (Å²) in [6.45, 7) is 6.16. The third-order valence-corrected chi connectivity index (χ3v) is 2.01. The summed E-state index contributed by atoms with van der Waals surface area (Å²) in [6.07, 6.45) is 0.219. The number of nitrogens with one attached hydrogen (secondary N) is 1. The molecule has 0 aromatic heterocycles.